The van der Waals surface area contributed by atoms with Gasteiger partial charge in [0, 0.05) is 47.6 Å². The van der Waals surface area contributed by atoms with Crippen molar-refractivity contribution in [1.29, 1.82) is 0 Å². The van der Waals surface area contributed by atoms with Gasteiger partial charge in [-0.25, -0.2) is 4.79 Å². The highest BCUT2D eigenvalue weighted by Crippen LogP contribution is 2.48. The van der Waals surface area contributed by atoms with Crippen molar-refractivity contribution in [2.75, 3.05) is 41.4 Å². The molecule has 0 saturated carbocycles. The van der Waals surface area contributed by atoms with Crippen LogP contribution in [0.15, 0.2) is 24.0 Å². The minimum atomic E-state index is -0.300. The second kappa shape index (κ2) is 11.1. The Morgan fingerprint density at radius 2 is 1.89 bits per heavy atom. The van der Waals surface area contributed by atoms with Crippen LogP contribution in [-0.2, 0) is 20.7 Å². The first-order chi connectivity index (χ1) is 16.3. The van der Waals surface area contributed by atoms with Crippen LogP contribution in [0, 0.1) is 11.8 Å². The minimum Gasteiger partial charge on any atom is -0.497 e. The number of rotatable bonds is 5. The number of carbonyl (C=O) groups excluding carboxylic acids is 1. The first-order valence-electron chi connectivity index (χ1n) is 12.1. The second-order valence-corrected chi connectivity index (χ2v) is 9.92. The Labute approximate surface area is 225 Å². The van der Waals surface area contributed by atoms with E-state index in [4.69, 9.17) is 18.9 Å². The molecule has 5 rings (SSSR count). The van der Waals surface area contributed by atoms with Gasteiger partial charge in [-0.3, -0.25) is 9.80 Å². The molecule has 200 valence electrons. The van der Waals surface area contributed by atoms with Gasteiger partial charge in [0.1, 0.15) is 0 Å². The zero-order chi connectivity index (χ0) is 24.1. The van der Waals surface area contributed by atoms with Crippen molar-refractivity contribution in [1.82, 2.24) is 14.8 Å². The van der Waals surface area contributed by atoms with Gasteiger partial charge in [-0.15, -0.1) is 24.8 Å². The molecule has 8 nitrogen and oxygen atoms in total. The molecule has 0 amide bonds. The van der Waals surface area contributed by atoms with E-state index in [2.05, 4.69) is 22.9 Å². The fraction of sp³-hybridized carbons (Fsp3) is 0.577. The van der Waals surface area contributed by atoms with E-state index in [9.17, 15) is 4.79 Å². The Bertz CT molecular complexity index is 1130. The summed E-state index contributed by atoms with van der Waals surface area (Å²) in [6, 6.07) is 4.30. The van der Waals surface area contributed by atoms with Crippen LogP contribution >= 0.6 is 24.8 Å². The van der Waals surface area contributed by atoms with Gasteiger partial charge >= 0.3 is 5.97 Å². The normalized spacial score (nSPS) is 25.7. The number of halogens is 2. The van der Waals surface area contributed by atoms with Gasteiger partial charge in [-0.2, -0.15) is 0 Å². The van der Waals surface area contributed by atoms with Crippen molar-refractivity contribution in [3.8, 4) is 11.5 Å². The quantitative estimate of drug-likeness (QED) is 0.446. The van der Waals surface area contributed by atoms with E-state index >= 15 is 0 Å². The van der Waals surface area contributed by atoms with Crippen molar-refractivity contribution in [2.24, 2.45) is 11.8 Å². The lowest BCUT2D eigenvalue weighted by atomic mass is 9.72. The summed E-state index contributed by atoms with van der Waals surface area (Å²) < 4.78 is 22.7. The number of aromatic amines is 1. The minimum absolute atomic E-state index is 0. The molecule has 0 radical (unpaired) electrons. The van der Waals surface area contributed by atoms with Gasteiger partial charge < -0.3 is 23.9 Å². The zero-order valence-electron chi connectivity index (χ0n) is 21.7. The molecule has 1 aromatic heterocycles. The van der Waals surface area contributed by atoms with E-state index in [-0.39, 0.29) is 61.0 Å². The molecule has 0 spiro atoms. The molecule has 1 N–H and O–H groups in total. The van der Waals surface area contributed by atoms with Crippen molar-refractivity contribution in [2.45, 2.75) is 45.1 Å². The molecule has 3 aliphatic heterocycles. The molecule has 2 aromatic rings. The number of fused-ring (bicyclic) bond motifs is 6. The summed E-state index contributed by atoms with van der Waals surface area (Å²) in [5.74, 6) is 1.52. The van der Waals surface area contributed by atoms with Gasteiger partial charge in [0.25, 0.3) is 0 Å². The molecule has 0 bridgehead atoms. The molecule has 10 heteroatoms. The smallest absolute Gasteiger partial charge is 0.338 e. The van der Waals surface area contributed by atoms with Gasteiger partial charge in [0.15, 0.2) is 17.7 Å². The number of hydrogen-bond acceptors (Lipinski definition) is 7. The van der Waals surface area contributed by atoms with Gasteiger partial charge in [-0.05, 0) is 52.4 Å². The van der Waals surface area contributed by atoms with Crippen LogP contribution in [0.1, 0.15) is 37.6 Å². The number of methoxy groups -OCH3 is 2. The van der Waals surface area contributed by atoms with E-state index in [1.54, 1.807) is 20.5 Å². The third-order valence-electron chi connectivity index (χ3n) is 7.96. The molecule has 36 heavy (non-hydrogen) atoms. The van der Waals surface area contributed by atoms with Crippen molar-refractivity contribution >= 4 is 41.7 Å². The van der Waals surface area contributed by atoms with Crippen molar-refractivity contribution in [3.05, 3.63) is 35.2 Å². The van der Waals surface area contributed by atoms with Crippen LogP contribution < -0.4 is 9.47 Å². The summed E-state index contributed by atoms with van der Waals surface area (Å²) in [6.07, 6.45) is 3.23. The Morgan fingerprint density at radius 1 is 1.19 bits per heavy atom. The van der Waals surface area contributed by atoms with E-state index in [0.717, 1.165) is 42.9 Å². The monoisotopic (exact) mass is 541 g/mol. The Hall–Kier alpha value is -2.13. The lowest BCUT2D eigenvalue weighted by Crippen LogP contribution is -2.51. The van der Waals surface area contributed by atoms with Crippen molar-refractivity contribution in [3.63, 3.8) is 0 Å². The first kappa shape index (κ1) is 28.4. The number of aromatic nitrogens is 1. The second-order valence-electron chi connectivity index (χ2n) is 9.92. The van der Waals surface area contributed by atoms with Crippen LogP contribution in [0.2, 0.25) is 0 Å². The highest BCUT2D eigenvalue weighted by molar-refractivity contribution is 5.90. The largest absolute Gasteiger partial charge is 0.497 e. The third kappa shape index (κ3) is 4.76. The average molecular weight is 543 g/mol. The number of ether oxygens (including phenoxy) is 4. The summed E-state index contributed by atoms with van der Waals surface area (Å²) in [5, 5.41) is 1.18. The molecule has 1 saturated heterocycles. The molecule has 1 unspecified atom stereocenters. The van der Waals surface area contributed by atoms with Crippen LogP contribution in [-0.4, -0.2) is 74.5 Å². The van der Waals surface area contributed by atoms with Crippen LogP contribution in [0.5, 0.6) is 11.5 Å². The zero-order valence-corrected chi connectivity index (χ0v) is 23.3. The summed E-state index contributed by atoms with van der Waals surface area (Å²) in [5.41, 5.74) is 4.29. The van der Waals surface area contributed by atoms with Gasteiger partial charge in [0.05, 0.1) is 38.2 Å². The number of nitrogens with zero attached hydrogens (tertiary/aromatic N) is 2. The molecule has 4 heterocycles. The number of benzene rings is 1. The average Bonchev–Trinajstić information content (AvgIpc) is 3.20. The number of nitrogens with one attached hydrogen (secondary N) is 1. The van der Waals surface area contributed by atoms with Gasteiger partial charge in [0.2, 0.25) is 0 Å². The lowest BCUT2D eigenvalue weighted by molar-refractivity contribution is -0.153. The van der Waals surface area contributed by atoms with Crippen molar-refractivity contribution < 1.29 is 23.7 Å². The standard InChI is InChI=1S/C26H35N3O5.2ClH/c1-14-19-12-29-8-7-16-18-10-23(31-5)24(32-6)11-21(18)27-25(16)22(29)9-17(19)20(13-33-14)26(30)34-15(2)28(3)4;;/h10-11,13-15,17,19,22,27H,7-9,12H2,1-6H3;2*1H/t14-,15?,17-,19-,22+;;/m0../s1. The van der Waals surface area contributed by atoms with Crippen LogP contribution in [0.25, 0.3) is 10.9 Å². The van der Waals surface area contributed by atoms with E-state index in [0.29, 0.717) is 5.57 Å². The lowest BCUT2D eigenvalue weighted by Gasteiger charge is -2.49. The summed E-state index contributed by atoms with van der Waals surface area (Å²) in [4.78, 5) is 21.2. The van der Waals surface area contributed by atoms with Gasteiger partial charge in [-0.1, -0.05) is 0 Å². The Kier molecular flexibility index (Phi) is 8.76. The molecule has 1 fully saturated rings. The molecule has 0 aliphatic carbocycles. The summed E-state index contributed by atoms with van der Waals surface area (Å²) in [6.45, 7) is 5.86. The molecular weight excluding hydrogens is 505 g/mol. The number of piperidine rings is 1. The third-order valence-corrected chi connectivity index (χ3v) is 7.96. The topological polar surface area (TPSA) is 76.3 Å². The van der Waals surface area contributed by atoms with Crippen LogP contribution in [0.3, 0.4) is 0 Å². The highest BCUT2D eigenvalue weighted by Gasteiger charge is 2.47. The highest BCUT2D eigenvalue weighted by atomic mass is 35.5. The number of esters is 1. The SMILES string of the molecule is COc1cc2[nH]c3c(c2cc1OC)CCN1C[C@H]2[C@H](C)OC=C(C(=O)OC(C)N(C)C)[C@H]2C[C@H]31.Cl.Cl. The van der Waals surface area contributed by atoms with Crippen LogP contribution in [0.4, 0.5) is 0 Å². The van der Waals surface area contributed by atoms with E-state index in [1.807, 2.05) is 32.0 Å². The number of hydrogen-bond donors (Lipinski definition) is 1. The Balaban J connectivity index is 0.00000180. The predicted octanol–water partition coefficient (Wildman–Crippen LogP) is 4.32. The summed E-state index contributed by atoms with van der Waals surface area (Å²) >= 11 is 0. The molecular formula is C26H37Cl2N3O5. The Morgan fingerprint density at radius 3 is 2.56 bits per heavy atom. The maximum absolute atomic E-state index is 13.1. The van der Waals surface area contributed by atoms with E-state index in [1.165, 1.54) is 16.6 Å². The predicted molar refractivity (Wildman–Crippen MR) is 143 cm³/mol. The maximum Gasteiger partial charge on any atom is 0.338 e. The number of carbonyl (C=O) groups is 1. The fourth-order valence-electron chi connectivity index (χ4n) is 5.77. The fourth-order valence-corrected chi connectivity index (χ4v) is 5.77. The molecule has 5 atom stereocenters. The number of H-pyrrole nitrogens is 1. The summed E-state index contributed by atoms with van der Waals surface area (Å²) in [7, 11) is 7.13. The van der Waals surface area contributed by atoms with E-state index < -0.39 is 0 Å². The molecule has 3 aliphatic rings. The maximum atomic E-state index is 13.1. The first-order valence-corrected chi connectivity index (χ1v) is 12.1. The molecule has 1 aromatic carbocycles.